The maximum atomic E-state index is 12.8. The molecular weight excluding hydrogens is 288 g/mol. The summed E-state index contributed by atoms with van der Waals surface area (Å²) in [5, 5.41) is 1.63. The molecule has 23 heavy (non-hydrogen) atoms. The Bertz CT molecular complexity index is 754. The van der Waals surface area contributed by atoms with Gasteiger partial charge in [0.25, 0.3) is 0 Å². The summed E-state index contributed by atoms with van der Waals surface area (Å²) < 4.78 is 6.00. The molecule has 2 aliphatic heterocycles. The Kier molecular flexibility index (Phi) is 3.34. The second-order valence-electron chi connectivity index (χ2n) is 6.28. The molecule has 2 heterocycles. The van der Waals surface area contributed by atoms with E-state index in [0.29, 0.717) is 0 Å². The molecule has 2 aromatic carbocycles. The van der Waals surface area contributed by atoms with Crippen molar-refractivity contribution in [1.29, 1.82) is 0 Å². The minimum absolute atomic E-state index is 0.0754. The normalized spacial score (nSPS) is 22.5. The standard InChI is InChI=1S/C19H20N2O2/c1-3-13-5-7-15(8-6-13)21-19(22)16-11-14-10-12(2)4-9-17(14)23-18(16)20-21/h4-10,16,18,20H,3,11H2,1-2H3. The zero-order valence-corrected chi connectivity index (χ0v) is 13.4. The number of benzene rings is 2. The summed E-state index contributed by atoms with van der Waals surface area (Å²) in [7, 11) is 0. The Labute approximate surface area is 136 Å². The number of carbonyl (C=O) groups is 1. The molecule has 0 aromatic heterocycles. The highest BCUT2D eigenvalue weighted by atomic mass is 16.5. The number of aryl methyl sites for hydroxylation is 2. The number of carbonyl (C=O) groups excluding carboxylic acids is 1. The smallest absolute Gasteiger partial charge is 0.250 e. The predicted octanol–water partition coefficient (Wildman–Crippen LogP) is 2.99. The Morgan fingerprint density at radius 2 is 2.00 bits per heavy atom. The summed E-state index contributed by atoms with van der Waals surface area (Å²) in [5.41, 5.74) is 7.65. The van der Waals surface area contributed by atoms with Crippen LogP contribution >= 0.6 is 0 Å². The first-order valence-corrected chi connectivity index (χ1v) is 8.11. The summed E-state index contributed by atoms with van der Waals surface area (Å²) in [6.45, 7) is 4.18. The van der Waals surface area contributed by atoms with E-state index in [1.165, 1.54) is 11.1 Å². The summed E-state index contributed by atoms with van der Waals surface area (Å²) in [5.74, 6) is 0.780. The SMILES string of the molecule is CCc1ccc(N2NC3Oc4ccc(C)cc4CC3C2=O)cc1. The van der Waals surface area contributed by atoms with Crippen molar-refractivity contribution in [3.63, 3.8) is 0 Å². The Balaban J connectivity index is 1.60. The van der Waals surface area contributed by atoms with Crippen molar-refractivity contribution < 1.29 is 9.53 Å². The second kappa shape index (κ2) is 5.39. The average molecular weight is 308 g/mol. The number of fused-ring (bicyclic) bond motifs is 2. The maximum absolute atomic E-state index is 12.8. The molecule has 118 valence electrons. The van der Waals surface area contributed by atoms with E-state index >= 15 is 0 Å². The Morgan fingerprint density at radius 3 is 2.74 bits per heavy atom. The fraction of sp³-hybridized carbons (Fsp3) is 0.316. The van der Waals surface area contributed by atoms with Gasteiger partial charge in [0.15, 0.2) is 6.23 Å². The molecule has 0 bridgehead atoms. The van der Waals surface area contributed by atoms with Gasteiger partial charge in [0.1, 0.15) is 5.75 Å². The van der Waals surface area contributed by atoms with E-state index in [0.717, 1.165) is 29.8 Å². The molecule has 1 saturated heterocycles. The lowest BCUT2D eigenvalue weighted by Gasteiger charge is -2.26. The van der Waals surface area contributed by atoms with Crippen LogP contribution in [0.3, 0.4) is 0 Å². The number of hydrogen-bond acceptors (Lipinski definition) is 3. The molecular formula is C19H20N2O2. The first-order chi connectivity index (χ1) is 11.2. The molecule has 0 spiro atoms. The summed E-state index contributed by atoms with van der Waals surface area (Å²) in [4.78, 5) is 12.8. The van der Waals surface area contributed by atoms with Gasteiger partial charge in [-0.05, 0) is 49.1 Å². The number of nitrogens with zero attached hydrogens (tertiary/aromatic N) is 1. The minimum Gasteiger partial charge on any atom is -0.473 e. The zero-order chi connectivity index (χ0) is 16.0. The summed E-state index contributed by atoms with van der Waals surface area (Å²) in [6, 6.07) is 14.2. The van der Waals surface area contributed by atoms with Crippen LogP contribution in [0.25, 0.3) is 0 Å². The number of ether oxygens (including phenoxy) is 1. The molecule has 2 aromatic rings. The summed E-state index contributed by atoms with van der Waals surface area (Å²) >= 11 is 0. The number of nitrogens with one attached hydrogen (secondary N) is 1. The summed E-state index contributed by atoms with van der Waals surface area (Å²) in [6.07, 6.45) is 1.42. The lowest BCUT2D eigenvalue weighted by atomic mass is 9.93. The monoisotopic (exact) mass is 308 g/mol. The van der Waals surface area contributed by atoms with E-state index in [1.54, 1.807) is 5.01 Å². The molecule has 2 aliphatic rings. The molecule has 0 saturated carbocycles. The number of hydrazine groups is 1. The van der Waals surface area contributed by atoms with Gasteiger partial charge in [0, 0.05) is 0 Å². The molecule has 2 unspecified atom stereocenters. The molecule has 0 radical (unpaired) electrons. The van der Waals surface area contributed by atoms with E-state index in [2.05, 4.69) is 37.5 Å². The van der Waals surface area contributed by atoms with Crippen LogP contribution in [-0.2, 0) is 17.6 Å². The van der Waals surface area contributed by atoms with Gasteiger partial charge in [-0.15, -0.1) is 0 Å². The van der Waals surface area contributed by atoms with E-state index in [1.807, 2.05) is 24.3 Å². The average Bonchev–Trinajstić information content (AvgIpc) is 2.89. The molecule has 1 N–H and O–H groups in total. The van der Waals surface area contributed by atoms with Crippen molar-refractivity contribution >= 4 is 11.6 Å². The quantitative estimate of drug-likeness (QED) is 0.927. The van der Waals surface area contributed by atoms with E-state index in [9.17, 15) is 4.79 Å². The first kappa shape index (κ1) is 14.3. The van der Waals surface area contributed by atoms with Gasteiger partial charge in [0.05, 0.1) is 11.6 Å². The molecule has 4 heteroatoms. The van der Waals surface area contributed by atoms with Crippen LogP contribution in [0.15, 0.2) is 42.5 Å². The van der Waals surface area contributed by atoms with Crippen molar-refractivity contribution in [2.45, 2.75) is 32.9 Å². The van der Waals surface area contributed by atoms with Crippen molar-refractivity contribution in [3.8, 4) is 5.75 Å². The van der Waals surface area contributed by atoms with Gasteiger partial charge in [0.2, 0.25) is 5.91 Å². The lowest BCUT2D eigenvalue weighted by Crippen LogP contribution is -2.41. The fourth-order valence-corrected chi connectivity index (χ4v) is 3.32. The van der Waals surface area contributed by atoms with Gasteiger partial charge in [-0.25, -0.2) is 5.01 Å². The van der Waals surface area contributed by atoms with Crippen LogP contribution in [0.1, 0.15) is 23.6 Å². The maximum Gasteiger partial charge on any atom is 0.250 e. The van der Waals surface area contributed by atoms with Crippen LogP contribution in [0.4, 0.5) is 5.69 Å². The molecule has 1 amide bonds. The first-order valence-electron chi connectivity index (χ1n) is 8.11. The van der Waals surface area contributed by atoms with Crippen LogP contribution in [-0.4, -0.2) is 12.1 Å². The number of anilines is 1. The molecule has 0 aliphatic carbocycles. The third-order valence-electron chi connectivity index (χ3n) is 4.67. The number of rotatable bonds is 2. The highest BCUT2D eigenvalue weighted by molar-refractivity contribution is 5.97. The Hall–Kier alpha value is -2.33. The number of amides is 1. The Morgan fingerprint density at radius 1 is 1.22 bits per heavy atom. The van der Waals surface area contributed by atoms with Crippen LogP contribution in [0.5, 0.6) is 5.75 Å². The highest BCUT2D eigenvalue weighted by Crippen LogP contribution is 2.35. The van der Waals surface area contributed by atoms with E-state index < -0.39 is 0 Å². The van der Waals surface area contributed by atoms with E-state index in [4.69, 9.17) is 4.74 Å². The lowest BCUT2D eigenvalue weighted by molar-refractivity contribution is -0.121. The molecule has 4 rings (SSSR count). The van der Waals surface area contributed by atoms with Gasteiger partial charge >= 0.3 is 0 Å². The second-order valence-corrected chi connectivity index (χ2v) is 6.28. The fourth-order valence-electron chi connectivity index (χ4n) is 3.32. The van der Waals surface area contributed by atoms with Crippen molar-refractivity contribution in [1.82, 2.24) is 5.43 Å². The molecule has 1 fully saturated rings. The van der Waals surface area contributed by atoms with Gasteiger partial charge in [-0.2, -0.15) is 5.43 Å². The topological polar surface area (TPSA) is 41.6 Å². The van der Waals surface area contributed by atoms with Gasteiger partial charge in [-0.3, -0.25) is 4.79 Å². The van der Waals surface area contributed by atoms with Gasteiger partial charge < -0.3 is 4.74 Å². The largest absolute Gasteiger partial charge is 0.473 e. The predicted molar refractivity (Wildman–Crippen MR) is 89.2 cm³/mol. The van der Waals surface area contributed by atoms with Gasteiger partial charge in [-0.1, -0.05) is 36.8 Å². The van der Waals surface area contributed by atoms with Crippen molar-refractivity contribution in [3.05, 3.63) is 59.2 Å². The van der Waals surface area contributed by atoms with Crippen LogP contribution in [0, 0.1) is 12.8 Å². The third kappa shape index (κ3) is 2.39. The van der Waals surface area contributed by atoms with Crippen molar-refractivity contribution in [2.75, 3.05) is 5.01 Å². The number of hydrogen-bond donors (Lipinski definition) is 1. The molecule has 4 nitrogen and oxygen atoms in total. The van der Waals surface area contributed by atoms with Crippen LogP contribution < -0.4 is 15.2 Å². The van der Waals surface area contributed by atoms with E-state index in [-0.39, 0.29) is 18.1 Å². The highest BCUT2D eigenvalue weighted by Gasteiger charge is 2.45. The van der Waals surface area contributed by atoms with Crippen LogP contribution in [0.2, 0.25) is 0 Å². The molecule has 2 atom stereocenters. The zero-order valence-electron chi connectivity index (χ0n) is 13.4. The minimum atomic E-state index is -0.288. The third-order valence-corrected chi connectivity index (χ3v) is 4.67. The van der Waals surface area contributed by atoms with Crippen molar-refractivity contribution in [2.24, 2.45) is 5.92 Å².